The summed E-state index contributed by atoms with van der Waals surface area (Å²) in [5, 5.41) is 2.70. The van der Waals surface area contributed by atoms with Gasteiger partial charge in [0.25, 0.3) is 0 Å². The van der Waals surface area contributed by atoms with Crippen LogP contribution in [0.2, 0.25) is 5.02 Å². The first kappa shape index (κ1) is 15.2. The third kappa shape index (κ3) is 2.95. The molecule has 20 heavy (non-hydrogen) atoms. The van der Waals surface area contributed by atoms with Gasteiger partial charge in [-0.05, 0) is 24.1 Å². The molecule has 0 aromatic heterocycles. The Morgan fingerprint density at radius 2 is 2.20 bits per heavy atom. The highest BCUT2D eigenvalue weighted by Gasteiger charge is 2.26. The number of benzene rings is 1. The summed E-state index contributed by atoms with van der Waals surface area (Å²) in [4.78, 5) is 11.3. The van der Waals surface area contributed by atoms with Crippen molar-refractivity contribution >= 4 is 33.2 Å². The van der Waals surface area contributed by atoms with Gasteiger partial charge in [-0.3, -0.25) is 4.79 Å². The summed E-state index contributed by atoms with van der Waals surface area (Å²) in [6.45, 7) is 2.05. The third-order valence-corrected chi connectivity index (χ3v) is 5.16. The monoisotopic (exact) mass is 317 g/mol. The minimum absolute atomic E-state index is 0.0266. The van der Waals surface area contributed by atoms with Crippen LogP contribution in [0.5, 0.6) is 0 Å². The molecule has 0 fully saturated rings. The molecule has 6 nitrogen and oxygen atoms in total. The minimum atomic E-state index is -3.75. The molecule has 1 aliphatic heterocycles. The first-order valence-electron chi connectivity index (χ1n) is 6.22. The lowest BCUT2D eigenvalue weighted by molar-refractivity contribution is -0.115. The fraction of sp³-hybridized carbons (Fsp3) is 0.417. The third-order valence-electron chi connectivity index (χ3n) is 3.17. The van der Waals surface area contributed by atoms with E-state index < -0.39 is 10.0 Å². The number of carbonyl (C=O) groups excluding carboxylic acids is 1. The maximum Gasteiger partial charge on any atom is 0.242 e. The van der Waals surface area contributed by atoms with Crippen molar-refractivity contribution in [3.05, 3.63) is 22.7 Å². The number of halogens is 1. The standard InChI is InChI=1S/C12H16ClN3O3S/c1-2-8(6-14)16-20(18,19)11-3-7-4-12(17)15-10(7)5-9(11)13/h3,5,8,16H,2,4,6,14H2,1H3,(H,15,17). The second-order valence-corrected chi connectivity index (χ2v) is 6.72. The number of hydrogen-bond acceptors (Lipinski definition) is 4. The smallest absolute Gasteiger partial charge is 0.242 e. The number of sulfonamides is 1. The van der Waals surface area contributed by atoms with Crippen molar-refractivity contribution in [1.82, 2.24) is 4.72 Å². The van der Waals surface area contributed by atoms with E-state index in [4.69, 9.17) is 17.3 Å². The van der Waals surface area contributed by atoms with E-state index in [1.54, 1.807) is 0 Å². The molecule has 8 heteroatoms. The fourth-order valence-electron chi connectivity index (χ4n) is 2.01. The Labute approximate surface area is 122 Å². The summed E-state index contributed by atoms with van der Waals surface area (Å²) in [6, 6.07) is 2.55. The predicted octanol–water partition coefficient (Wildman–Crippen LogP) is 0.850. The van der Waals surface area contributed by atoms with Gasteiger partial charge in [-0.1, -0.05) is 18.5 Å². The Morgan fingerprint density at radius 1 is 1.50 bits per heavy atom. The molecule has 1 atom stereocenters. The van der Waals surface area contributed by atoms with Crippen LogP contribution < -0.4 is 15.8 Å². The van der Waals surface area contributed by atoms with Crippen LogP contribution in [0.1, 0.15) is 18.9 Å². The van der Waals surface area contributed by atoms with E-state index in [2.05, 4.69) is 10.0 Å². The Hall–Kier alpha value is -1.15. The molecule has 0 bridgehead atoms. The number of rotatable bonds is 5. The summed E-state index contributed by atoms with van der Waals surface area (Å²) in [5.74, 6) is -0.174. The normalized spacial score (nSPS) is 15.8. The zero-order valence-corrected chi connectivity index (χ0v) is 12.5. The summed E-state index contributed by atoms with van der Waals surface area (Å²) in [7, 11) is -3.75. The molecule has 1 aliphatic rings. The lowest BCUT2D eigenvalue weighted by atomic mass is 10.2. The molecule has 0 aliphatic carbocycles. The summed E-state index contributed by atoms with van der Waals surface area (Å²) in [6.07, 6.45) is 0.738. The average molecular weight is 318 g/mol. The fourth-order valence-corrected chi connectivity index (χ4v) is 3.92. The summed E-state index contributed by atoms with van der Waals surface area (Å²) in [5.41, 5.74) is 6.69. The number of hydrogen-bond donors (Lipinski definition) is 3. The molecule has 1 aromatic rings. The maximum atomic E-state index is 12.3. The van der Waals surface area contributed by atoms with Gasteiger partial charge < -0.3 is 11.1 Å². The second kappa shape index (κ2) is 5.69. The first-order valence-corrected chi connectivity index (χ1v) is 8.08. The van der Waals surface area contributed by atoms with Crippen molar-refractivity contribution in [3.63, 3.8) is 0 Å². The Balaban J connectivity index is 2.38. The predicted molar refractivity (Wildman–Crippen MR) is 77.2 cm³/mol. The zero-order chi connectivity index (χ0) is 14.9. The number of anilines is 1. The van der Waals surface area contributed by atoms with Crippen LogP contribution in [0.4, 0.5) is 5.69 Å². The lowest BCUT2D eigenvalue weighted by Gasteiger charge is -2.16. The van der Waals surface area contributed by atoms with Crippen molar-refractivity contribution in [2.75, 3.05) is 11.9 Å². The molecular formula is C12H16ClN3O3S. The van der Waals surface area contributed by atoms with E-state index in [0.29, 0.717) is 17.7 Å². The Morgan fingerprint density at radius 3 is 2.80 bits per heavy atom. The highest BCUT2D eigenvalue weighted by molar-refractivity contribution is 7.89. The van der Waals surface area contributed by atoms with E-state index in [0.717, 1.165) is 0 Å². The van der Waals surface area contributed by atoms with Crippen molar-refractivity contribution < 1.29 is 13.2 Å². The van der Waals surface area contributed by atoms with Crippen LogP contribution in [0, 0.1) is 0 Å². The van der Waals surface area contributed by atoms with Crippen LogP contribution >= 0.6 is 11.6 Å². The number of nitrogens with one attached hydrogen (secondary N) is 2. The number of carbonyl (C=O) groups is 1. The molecule has 110 valence electrons. The second-order valence-electron chi connectivity index (χ2n) is 4.63. The number of amides is 1. The van der Waals surface area contributed by atoms with Gasteiger partial charge in [0.2, 0.25) is 15.9 Å². The number of nitrogens with two attached hydrogens (primary N) is 1. The minimum Gasteiger partial charge on any atom is -0.329 e. The van der Waals surface area contributed by atoms with Gasteiger partial charge in [-0.25, -0.2) is 13.1 Å². The van der Waals surface area contributed by atoms with E-state index >= 15 is 0 Å². The van der Waals surface area contributed by atoms with Crippen LogP contribution in [0.25, 0.3) is 0 Å². The van der Waals surface area contributed by atoms with Crippen LogP contribution in [0.3, 0.4) is 0 Å². The molecule has 0 saturated heterocycles. The largest absolute Gasteiger partial charge is 0.329 e. The Bertz CT molecular complexity index is 642. The van der Waals surface area contributed by atoms with E-state index in [1.807, 2.05) is 6.92 Å². The highest BCUT2D eigenvalue weighted by Crippen LogP contribution is 2.32. The van der Waals surface area contributed by atoms with Gasteiger partial charge in [0.15, 0.2) is 0 Å². The Kier molecular flexibility index (Phi) is 4.33. The molecule has 1 heterocycles. The topological polar surface area (TPSA) is 101 Å². The van der Waals surface area contributed by atoms with Crippen LogP contribution in [-0.2, 0) is 21.2 Å². The molecule has 1 amide bonds. The molecular weight excluding hydrogens is 302 g/mol. The van der Waals surface area contributed by atoms with Crippen molar-refractivity contribution in [2.45, 2.75) is 30.7 Å². The molecule has 0 spiro atoms. The highest BCUT2D eigenvalue weighted by atomic mass is 35.5. The van der Waals surface area contributed by atoms with Gasteiger partial charge in [0.05, 0.1) is 11.4 Å². The molecule has 0 saturated carbocycles. The molecule has 0 radical (unpaired) electrons. The van der Waals surface area contributed by atoms with E-state index in [1.165, 1.54) is 12.1 Å². The zero-order valence-electron chi connectivity index (χ0n) is 10.9. The average Bonchev–Trinajstić information content (AvgIpc) is 2.74. The van der Waals surface area contributed by atoms with Crippen LogP contribution in [0.15, 0.2) is 17.0 Å². The molecule has 4 N–H and O–H groups in total. The summed E-state index contributed by atoms with van der Waals surface area (Å²) < 4.78 is 27.1. The molecule has 1 aromatic carbocycles. The van der Waals surface area contributed by atoms with Gasteiger partial charge in [0, 0.05) is 18.3 Å². The maximum absolute atomic E-state index is 12.3. The van der Waals surface area contributed by atoms with Crippen LogP contribution in [-0.4, -0.2) is 26.9 Å². The van der Waals surface area contributed by atoms with Crippen molar-refractivity contribution in [2.24, 2.45) is 5.73 Å². The summed E-state index contributed by atoms with van der Waals surface area (Å²) >= 11 is 6.01. The van der Waals surface area contributed by atoms with Gasteiger partial charge in [0.1, 0.15) is 4.90 Å². The quantitative estimate of drug-likeness (QED) is 0.749. The SMILES string of the molecule is CCC(CN)NS(=O)(=O)c1cc2c(cc1Cl)NC(=O)C2. The first-order chi connectivity index (χ1) is 9.37. The van der Waals surface area contributed by atoms with Gasteiger partial charge >= 0.3 is 0 Å². The molecule has 1 unspecified atom stereocenters. The van der Waals surface area contributed by atoms with Crippen molar-refractivity contribution in [1.29, 1.82) is 0 Å². The van der Waals surface area contributed by atoms with Gasteiger partial charge in [-0.15, -0.1) is 0 Å². The van der Waals surface area contributed by atoms with E-state index in [9.17, 15) is 13.2 Å². The molecule has 2 rings (SSSR count). The number of fused-ring (bicyclic) bond motifs is 1. The van der Waals surface area contributed by atoms with Crippen molar-refractivity contribution in [3.8, 4) is 0 Å². The van der Waals surface area contributed by atoms with Gasteiger partial charge in [-0.2, -0.15) is 0 Å². The van der Waals surface area contributed by atoms with E-state index in [-0.39, 0.29) is 34.8 Å². The lowest BCUT2D eigenvalue weighted by Crippen LogP contribution is -2.39.